The van der Waals surface area contributed by atoms with Gasteiger partial charge in [0.2, 0.25) is 0 Å². The Morgan fingerprint density at radius 3 is 2.55 bits per heavy atom. The molecule has 0 bridgehead atoms. The lowest BCUT2D eigenvalue weighted by molar-refractivity contribution is 0.121. The summed E-state index contributed by atoms with van der Waals surface area (Å²) in [5.74, 6) is 0.312. The molecule has 2 aromatic carbocycles. The second-order valence-corrected chi connectivity index (χ2v) is 4.57. The molecular formula is C17H12O5. The van der Waals surface area contributed by atoms with Crippen molar-refractivity contribution in [2.75, 3.05) is 7.11 Å². The molecule has 0 amide bonds. The SMILES string of the molecule is COC(=O)Oc1ccc2oc(=O)c(-c3ccccc3)cc2c1. The van der Waals surface area contributed by atoms with Gasteiger partial charge in [0.15, 0.2) is 0 Å². The number of hydrogen-bond acceptors (Lipinski definition) is 5. The van der Waals surface area contributed by atoms with Crippen LogP contribution in [0.2, 0.25) is 0 Å². The monoisotopic (exact) mass is 296 g/mol. The summed E-state index contributed by atoms with van der Waals surface area (Å²) >= 11 is 0. The number of methoxy groups -OCH3 is 1. The smallest absolute Gasteiger partial charge is 0.437 e. The molecule has 0 aliphatic heterocycles. The standard InChI is InChI=1S/C17H12O5/c1-20-17(19)21-13-7-8-15-12(9-13)10-14(16(18)22-15)11-5-3-2-4-6-11/h2-10H,1H3. The number of hydrogen-bond donors (Lipinski definition) is 0. The molecule has 3 rings (SSSR count). The third-order valence-electron chi connectivity index (χ3n) is 3.16. The fraction of sp³-hybridized carbons (Fsp3) is 0.0588. The van der Waals surface area contributed by atoms with Gasteiger partial charge < -0.3 is 13.9 Å². The minimum absolute atomic E-state index is 0.312. The molecule has 0 aliphatic rings. The molecule has 0 aliphatic carbocycles. The molecule has 0 N–H and O–H groups in total. The van der Waals surface area contributed by atoms with Gasteiger partial charge >= 0.3 is 11.8 Å². The van der Waals surface area contributed by atoms with E-state index in [9.17, 15) is 9.59 Å². The molecule has 5 heteroatoms. The fourth-order valence-electron chi connectivity index (χ4n) is 2.12. The van der Waals surface area contributed by atoms with E-state index in [1.54, 1.807) is 18.2 Å². The number of rotatable bonds is 2. The average molecular weight is 296 g/mol. The minimum atomic E-state index is -0.806. The van der Waals surface area contributed by atoms with Crippen LogP contribution in [-0.2, 0) is 4.74 Å². The van der Waals surface area contributed by atoms with Crippen molar-refractivity contribution in [2.45, 2.75) is 0 Å². The molecule has 0 fully saturated rings. The van der Waals surface area contributed by atoms with Crippen molar-refractivity contribution < 1.29 is 18.7 Å². The van der Waals surface area contributed by atoms with Crippen LogP contribution in [0.5, 0.6) is 5.75 Å². The molecule has 22 heavy (non-hydrogen) atoms. The number of ether oxygens (including phenoxy) is 2. The van der Waals surface area contributed by atoms with Gasteiger partial charge in [-0.3, -0.25) is 0 Å². The maximum absolute atomic E-state index is 12.1. The van der Waals surface area contributed by atoms with Crippen molar-refractivity contribution in [3.8, 4) is 16.9 Å². The Morgan fingerprint density at radius 2 is 1.82 bits per heavy atom. The van der Waals surface area contributed by atoms with Gasteiger partial charge in [-0.05, 0) is 29.8 Å². The van der Waals surface area contributed by atoms with Gasteiger partial charge in [0.1, 0.15) is 11.3 Å². The van der Waals surface area contributed by atoms with Crippen molar-refractivity contribution in [1.82, 2.24) is 0 Å². The van der Waals surface area contributed by atoms with Gasteiger partial charge in [-0.15, -0.1) is 0 Å². The minimum Gasteiger partial charge on any atom is -0.437 e. The molecule has 1 heterocycles. The van der Waals surface area contributed by atoms with Gasteiger partial charge in [0.05, 0.1) is 12.7 Å². The molecule has 110 valence electrons. The van der Waals surface area contributed by atoms with Crippen LogP contribution < -0.4 is 10.4 Å². The summed E-state index contributed by atoms with van der Waals surface area (Å²) in [6.07, 6.45) is -0.806. The Kier molecular flexibility index (Phi) is 3.62. The predicted molar refractivity (Wildman–Crippen MR) is 81.0 cm³/mol. The Morgan fingerprint density at radius 1 is 1.05 bits per heavy atom. The summed E-state index contributed by atoms with van der Waals surface area (Å²) in [5, 5.41) is 0.653. The van der Waals surface area contributed by atoms with Crippen LogP contribution in [0.3, 0.4) is 0 Å². The molecule has 0 atom stereocenters. The van der Waals surface area contributed by atoms with E-state index in [0.717, 1.165) is 5.56 Å². The lowest BCUT2D eigenvalue weighted by Gasteiger charge is -2.05. The summed E-state index contributed by atoms with van der Waals surface area (Å²) < 4.78 is 14.7. The quantitative estimate of drug-likeness (QED) is 0.410. The topological polar surface area (TPSA) is 65.7 Å². The maximum Gasteiger partial charge on any atom is 0.513 e. The zero-order chi connectivity index (χ0) is 15.5. The van der Waals surface area contributed by atoms with E-state index in [0.29, 0.717) is 22.3 Å². The summed E-state index contributed by atoms with van der Waals surface area (Å²) in [6, 6.07) is 15.6. The normalized spacial score (nSPS) is 10.4. The molecule has 0 unspecified atom stereocenters. The van der Waals surface area contributed by atoms with Crippen LogP contribution in [0.1, 0.15) is 0 Å². The van der Waals surface area contributed by atoms with E-state index in [4.69, 9.17) is 9.15 Å². The van der Waals surface area contributed by atoms with Crippen LogP contribution in [0, 0.1) is 0 Å². The van der Waals surface area contributed by atoms with Crippen LogP contribution in [0.15, 0.2) is 63.8 Å². The van der Waals surface area contributed by atoms with E-state index < -0.39 is 11.8 Å². The van der Waals surface area contributed by atoms with Crippen LogP contribution in [-0.4, -0.2) is 13.3 Å². The molecule has 0 spiro atoms. The zero-order valence-corrected chi connectivity index (χ0v) is 11.7. The van der Waals surface area contributed by atoms with E-state index in [1.807, 2.05) is 30.3 Å². The number of carbonyl (C=O) groups is 1. The van der Waals surface area contributed by atoms with E-state index in [2.05, 4.69) is 4.74 Å². The van der Waals surface area contributed by atoms with Crippen molar-refractivity contribution in [3.05, 3.63) is 65.0 Å². The second-order valence-electron chi connectivity index (χ2n) is 4.57. The molecule has 0 saturated carbocycles. The van der Waals surface area contributed by atoms with Gasteiger partial charge in [0.25, 0.3) is 0 Å². The molecule has 0 radical (unpaired) electrons. The van der Waals surface area contributed by atoms with Gasteiger partial charge in [-0.1, -0.05) is 30.3 Å². The third kappa shape index (κ3) is 2.69. The first kappa shape index (κ1) is 13.9. The Balaban J connectivity index is 2.10. The second kappa shape index (κ2) is 5.73. The maximum atomic E-state index is 12.1. The van der Waals surface area contributed by atoms with E-state index >= 15 is 0 Å². The van der Waals surface area contributed by atoms with Gasteiger partial charge in [-0.25, -0.2) is 9.59 Å². The third-order valence-corrected chi connectivity index (χ3v) is 3.16. The van der Waals surface area contributed by atoms with Crippen molar-refractivity contribution in [1.29, 1.82) is 0 Å². The lowest BCUT2D eigenvalue weighted by Crippen LogP contribution is -2.07. The largest absolute Gasteiger partial charge is 0.513 e. The molecule has 1 aromatic heterocycles. The Hall–Kier alpha value is -3.08. The number of benzene rings is 2. The van der Waals surface area contributed by atoms with Gasteiger partial charge in [-0.2, -0.15) is 0 Å². The first-order chi connectivity index (χ1) is 10.7. The van der Waals surface area contributed by atoms with E-state index in [1.165, 1.54) is 13.2 Å². The summed E-state index contributed by atoms with van der Waals surface area (Å²) in [6.45, 7) is 0. The highest BCUT2D eigenvalue weighted by Gasteiger charge is 2.10. The van der Waals surface area contributed by atoms with E-state index in [-0.39, 0.29) is 0 Å². The fourth-order valence-corrected chi connectivity index (χ4v) is 2.12. The van der Waals surface area contributed by atoms with Crippen molar-refractivity contribution in [3.63, 3.8) is 0 Å². The van der Waals surface area contributed by atoms with Crippen LogP contribution in [0.4, 0.5) is 4.79 Å². The van der Waals surface area contributed by atoms with Crippen molar-refractivity contribution in [2.24, 2.45) is 0 Å². The summed E-state index contributed by atoms with van der Waals surface area (Å²) in [5.41, 5.74) is 1.21. The molecule has 3 aromatic rings. The predicted octanol–water partition coefficient (Wildman–Crippen LogP) is 3.61. The van der Waals surface area contributed by atoms with Crippen LogP contribution in [0.25, 0.3) is 22.1 Å². The average Bonchev–Trinajstić information content (AvgIpc) is 2.55. The zero-order valence-electron chi connectivity index (χ0n) is 11.7. The van der Waals surface area contributed by atoms with Gasteiger partial charge in [0, 0.05) is 5.39 Å². The van der Waals surface area contributed by atoms with Crippen molar-refractivity contribution >= 4 is 17.1 Å². The number of carbonyl (C=O) groups excluding carboxylic acids is 1. The summed E-state index contributed by atoms with van der Waals surface area (Å²) in [7, 11) is 1.23. The molecule has 5 nitrogen and oxygen atoms in total. The number of fused-ring (bicyclic) bond motifs is 1. The lowest BCUT2D eigenvalue weighted by atomic mass is 10.1. The highest BCUT2D eigenvalue weighted by atomic mass is 16.7. The first-order valence-corrected chi connectivity index (χ1v) is 6.56. The molecular weight excluding hydrogens is 284 g/mol. The summed E-state index contributed by atoms with van der Waals surface area (Å²) in [4.78, 5) is 23.2. The Labute approximate surface area is 125 Å². The highest BCUT2D eigenvalue weighted by molar-refractivity contribution is 5.83. The van der Waals surface area contributed by atoms with Crippen LogP contribution >= 0.6 is 0 Å². The highest BCUT2D eigenvalue weighted by Crippen LogP contribution is 2.24. The Bertz CT molecular complexity index is 880. The molecule has 0 saturated heterocycles. The first-order valence-electron chi connectivity index (χ1n) is 6.56.